The number of carbonyl (C=O) groups excluding carboxylic acids is 2. The maximum absolute atomic E-state index is 12.8. The highest BCUT2D eigenvalue weighted by atomic mass is 16.2. The average Bonchev–Trinajstić information content (AvgIpc) is 3.22. The predicted molar refractivity (Wildman–Crippen MR) is 92.2 cm³/mol. The van der Waals surface area contributed by atoms with Crippen LogP contribution in [0.15, 0.2) is 6.07 Å². The first kappa shape index (κ1) is 16.5. The normalized spacial score (nSPS) is 28.1. The number of nitrogens with two attached hydrogens (primary N) is 1. The van der Waals surface area contributed by atoms with Gasteiger partial charge < -0.3 is 16.0 Å². The van der Waals surface area contributed by atoms with Gasteiger partial charge in [-0.25, -0.2) is 0 Å². The van der Waals surface area contributed by atoms with Crippen LogP contribution in [0.3, 0.4) is 0 Å². The highest BCUT2D eigenvalue weighted by Gasteiger charge is 2.34. The van der Waals surface area contributed by atoms with Crippen LogP contribution in [0.2, 0.25) is 0 Å². The van der Waals surface area contributed by atoms with Crippen molar-refractivity contribution in [1.82, 2.24) is 24.9 Å². The van der Waals surface area contributed by atoms with Gasteiger partial charge in [-0.05, 0) is 39.3 Å². The predicted octanol–water partition coefficient (Wildman–Crippen LogP) is -0.347. The van der Waals surface area contributed by atoms with Gasteiger partial charge in [0.15, 0.2) is 5.69 Å². The van der Waals surface area contributed by atoms with Crippen LogP contribution in [0.1, 0.15) is 47.2 Å². The maximum Gasteiger partial charge on any atom is 0.274 e. The zero-order valence-electron chi connectivity index (χ0n) is 14.6. The zero-order valence-corrected chi connectivity index (χ0v) is 14.6. The van der Waals surface area contributed by atoms with E-state index in [4.69, 9.17) is 5.73 Å². The summed E-state index contributed by atoms with van der Waals surface area (Å²) in [4.78, 5) is 29.2. The molecule has 8 heteroatoms. The molecule has 1 aromatic heterocycles. The SMILES string of the molecule is CC1Cn2nc(C(=O)N3CCC(N4CCC(N)CC4)C3)cc2C(=O)N1. The Hall–Kier alpha value is -1.93. The molecule has 2 fully saturated rings. The van der Waals surface area contributed by atoms with Crippen LogP contribution >= 0.6 is 0 Å². The summed E-state index contributed by atoms with van der Waals surface area (Å²) in [6, 6.07) is 2.39. The van der Waals surface area contributed by atoms with E-state index in [1.807, 2.05) is 11.8 Å². The molecule has 25 heavy (non-hydrogen) atoms. The van der Waals surface area contributed by atoms with E-state index < -0.39 is 0 Å². The van der Waals surface area contributed by atoms with Crippen molar-refractivity contribution in [3.05, 3.63) is 17.5 Å². The van der Waals surface area contributed by atoms with Crippen molar-refractivity contribution >= 4 is 11.8 Å². The number of nitrogens with zero attached hydrogens (tertiary/aromatic N) is 4. The van der Waals surface area contributed by atoms with Gasteiger partial charge >= 0.3 is 0 Å². The number of likely N-dealkylation sites (tertiary alicyclic amines) is 2. The van der Waals surface area contributed by atoms with Gasteiger partial charge in [-0.1, -0.05) is 0 Å². The lowest BCUT2D eigenvalue weighted by Crippen LogP contribution is -2.46. The summed E-state index contributed by atoms with van der Waals surface area (Å²) in [5.41, 5.74) is 6.83. The Morgan fingerprint density at radius 3 is 2.76 bits per heavy atom. The van der Waals surface area contributed by atoms with Crippen molar-refractivity contribution in [2.24, 2.45) is 5.73 Å². The van der Waals surface area contributed by atoms with Crippen LogP contribution in [0.5, 0.6) is 0 Å². The first-order valence-electron chi connectivity index (χ1n) is 9.19. The fraction of sp³-hybridized carbons (Fsp3) is 0.706. The zero-order chi connectivity index (χ0) is 17.6. The number of nitrogens with one attached hydrogen (secondary N) is 1. The molecule has 0 radical (unpaired) electrons. The van der Waals surface area contributed by atoms with Gasteiger partial charge in [-0.2, -0.15) is 5.10 Å². The van der Waals surface area contributed by atoms with Crippen molar-refractivity contribution in [3.63, 3.8) is 0 Å². The Morgan fingerprint density at radius 2 is 2.00 bits per heavy atom. The monoisotopic (exact) mass is 346 g/mol. The molecule has 2 unspecified atom stereocenters. The van der Waals surface area contributed by atoms with Crippen LogP contribution in [0, 0.1) is 0 Å². The molecule has 136 valence electrons. The summed E-state index contributed by atoms with van der Waals surface area (Å²) in [6.07, 6.45) is 3.06. The summed E-state index contributed by atoms with van der Waals surface area (Å²) < 4.78 is 1.65. The van der Waals surface area contributed by atoms with Crippen molar-refractivity contribution in [2.75, 3.05) is 26.2 Å². The molecule has 0 spiro atoms. The van der Waals surface area contributed by atoms with Crippen LogP contribution in [0.4, 0.5) is 0 Å². The number of rotatable bonds is 2. The van der Waals surface area contributed by atoms with Crippen LogP contribution in [0.25, 0.3) is 0 Å². The van der Waals surface area contributed by atoms with E-state index in [0.717, 1.165) is 45.4 Å². The average molecular weight is 346 g/mol. The Kier molecular flexibility index (Phi) is 4.24. The molecule has 4 heterocycles. The van der Waals surface area contributed by atoms with Crippen molar-refractivity contribution in [3.8, 4) is 0 Å². The fourth-order valence-electron chi connectivity index (χ4n) is 4.12. The minimum absolute atomic E-state index is 0.0319. The number of amides is 2. The lowest BCUT2D eigenvalue weighted by molar-refractivity contribution is 0.0761. The molecule has 3 aliphatic rings. The van der Waals surface area contributed by atoms with Gasteiger partial charge in [-0.15, -0.1) is 0 Å². The van der Waals surface area contributed by atoms with Gasteiger partial charge in [0.2, 0.25) is 0 Å². The van der Waals surface area contributed by atoms with E-state index in [1.54, 1.807) is 10.7 Å². The third-order valence-electron chi connectivity index (χ3n) is 5.60. The standard InChI is InChI=1S/C17H26N6O2/c1-11-9-23-15(16(24)19-11)8-14(20-23)17(25)22-7-4-13(10-22)21-5-2-12(18)3-6-21/h8,11-13H,2-7,9-10,18H2,1H3,(H,19,24). The van der Waals surface area contributed by atoms with Crippen LogP contribution in [-0.2, 0) is 6.54 Å². The largest absolute Gasteiger partial charge is 0.346 e. The smallest absolute Gasteiger partial charge is 0.274 e. The number of piperidine rings is 1. The molecule has 8 nitrogen and oxygen atoms in total. The second-order valence-corrected chi connectivity index (χ2v) is 7.54. The van der Waals surface area contributed by atoms with E-state index >= 15 is 0 Å². The van der Waals surface area contributed by atoms with Gasteiger partial charge in [0.1, 0.15) is 5.69 Å². The lowest BCUT2D eigenvalue weighted by Gasteiger charge is -2.34. The molecule has 2 atom stereocenters. The van der Waals surface area contributed by atoms with E-state index in [1.165, 1.54) is 0 Å². The molecule has 0 aliphatic carbocycles. The number of aromatic nitrogens is 2. The first-order valence-corrected chi connectivity index (χ1v) is 9.19. The van der Waals surface area contributed by atoms with Gasteiger partial charge in [0.25, 0.3) is 11.8 Å². The van der Waals surface area contributed by atoms with Gasteiger partial charge in [0, 0.05) is 37.3 Å². The third kappa shape index (κ3) is 3.16. The number of carbonyl (C=O) groups is 2. The molecule has 0 saturated carbocycles. The van der Waals surface area contributed by atoms with Crippen molar-refractivity contribution < 1.29 is 9.59 Å². The summed E-state index contributed by atoms with van der Waals surface area (Å²) in [7, 11) is 0. The molecule has 0 bridgehead atoms. The number of fused-ring (bicyclic) bond motifs is 1. The Bertz CT molecular complexity index is 679. The molecule has 1 aromatic rings. The summed E-state index contributed by atoms with van der Waals surface area (Å²) >= 11 is 0. The number of hydrogen-bond donors (Lipinski definition) is 2. The Balaban J connectivity index is 1.42. The van der Waals surface area contributed by atoms with E-state index in [2.05, 4.69) is 15.3 Å². The second kappa shape index (κ2) is 6.42. The van der Waals surface area contributed by atoms with Crippen molar-refractivity contribution in [2.45, 2.75) is 50.9 Å². The molecular weight excluding hydrogens is 320 g/mol. The van der Waals surface area contributed by atoms with E-state index in [0.29, 0.717) is 30.0 Å². The molecule has 4 rings (SSSR count). The molecule has 3 aliphatic heterocycles. The molecule has 3 N–H and O–H groups in total. The molecular formula is C17H26N6O2. The first-order chi connectivity index (χ1) is 12.0. The quantitative estimate of drug-likeness (QED) is 0.763. The highest BCUT2D eigenvalue weighted by Crippen LogP contribution is 2.22. The van der Waals surface area contributed by atoms with Crippen molar-refractivity contribution in [1.29, 1.82) is 0 Å². The molecule has 0 aromatic carbocycles. The minimum atomic E-state index is -0.158. The topological polar surface area (TPSA) is 96.5 Å². The van der Waals surface area contributed by atoms with Crippen LogP contribution in [-0.4, -0.2) is 75.7 Å². The molecule has 2 amide bonds. The minimum Gasteiger partial charge on any atom is -0.346 e. The van der Waals surface area contributed by atoms with Gasteiger partial charge in [0.05, 0.1) is 6.54 Å². The molecule has 2 saturated heterocycles. The van der Waals surface area contributed by atoms with E-state index in [9.17, 15) is 9.59 Å². The summed E-state index contributed by atoms with van der Waals surface area (Å²) in [5, 5.41) is 7.25. The van der Waals surface area contributed by atoms with Crippen LogP contribution < -0.4 is 11.1 Å². The Labute approximate surface area is 147 Å². The van der Waals surface area contributed by atoms with Gasteiger partial charge in [-0.3, -0.25) is 19.2 Å². The third-order valence-corrected chi connectivity index (χ3v) is 5.60. The summed E-state index contributed by atoms with van der Waals surface area (Å²) in [5.74, 6) is -0.229. The summed E-state index contributed by atoms with van der Waals surface area (Å²) in [6.45, 7) is 6.05. The maximum atomic E-state index is 12.8. The van der Waals surface area contributed by atoms with E-state index in [-0.39, 0.29) is 17.9 Å². The lowest BCUT2D eigenvalue weighted by atomic mass is 10.0. The highest BCUT2D eigenvalue weighted by molar-refractivity contribution is 5.98. The fourth-order valence-corrected chi connectivity index (χ4v) is 4.12. The second-order valence-electron chi connectivity index (χ2n) is 7.54. The Morgan fingerprint density at radius 1 is 1.24 bits per heavy atom. The number of hydrogen-bond acceptors (Lipinski definition) is 5.